The molecule has 136 valence electrons. The van der Waals surface area contributed by atoms with Crippen LogP contribution in [0.4, 0.5) is 13.2 Å². The minimum atomic E-state index is -4.43. The van der Waals surface area contributed by atoms with Crippen molar-refractivity contribution >= 4 is 11.9 Å². The van der Waals surface area contributed by atoms with Crippen molar-refractivity contribution in [2.24, 2.45) is 0 Å². The standard InChI is InChI=1S/C16H16F3NO5/c1-15(2)24-12(14(22)25-15)11(23-3)13(21)20-8-9-4-6-10(7-5-9)16(17,18)19/h4-7H,8H2,1-3H3,(H,20,21). The number of cyclic esters (lactones) is 1. The summed E-state index contributed by atoms with van der Waals surface area (Å²) in [5.74, 6) is -3.55. The topological polar surface area (TPSA) is 73.9 Å². The number of rotatable bonds is 4. The molecule has 1 amide bonds. The second-order valence-corrected chi connectivity index (χ2v) is 5.63. The summed E-state index contributed by atoms with van der Waals surface area (Å²) in [6.45, 7) is 2.92. The van der Waals surface area contributed by atoms with Crippen LogP contribution in [0.3, 0.4) is 0 Å². The largest absolute Gasteiger partial charge is 0.488 e. The molecular weight excluding hydrogens is 343 g/mol. The number of alkyl halides is 3. The zero-order valence-electron chi connectivity index (χ0n) is 13.7. The summed E-state index contributed by atoms with van der Waals surface area (Å²) in [5, 5.41) is 2.44. The zero-order valence-corrected chi connectivity index (χ0v) is 13.7. The molecule has 1 N–H and O–H groups in total. The van der Waals surface area contributed by atoms with E-state index in [0.29, 0.717) is 5.56 Å². The number of methoxy groups -OCH3 is 1. The molecule has 6 nitrogen and oxygen atoms in total. The van der Waals surface area contributed by atoms with Gasteiger partial charge in [-0.1, -0.05) is 12.1 Å². The van der Waals surface area contributed by atoms with E-state index in [1.807, 2.05) is 0 Å². The Kier molecular flexibility index (Phi) is 4.96. The number of amides is 1. The van der Waals surface area contributed by atoms with Crippen molar-refractivity contribution in [3.63, 3.8) is 0 Å². The second-order valence-electron chi connectivity index (χ2n) is 5.63. The van der Waals surface area contributed by atoms with Gasteiger partial charge in [0.1, 0.15) is 0 Å². The van der Waals surface area contributed by atoms with Gasteiger partial charge in [0.05, 0.1) is 12.7 Å². The van der Waals surface area contributed by atoms with Gasteiger partial charge in [-0.2, -0.15) is 13.2 Å². The highest BCUT2D eigenvalue weighted by molar-refractivity contribution is 6.00. The number of nitrogens with one attached hydrogen (secondary N) is 1. The number of carbonyl (C=O) groups excluding carboxylic acids is 2. The number of esters is 1. The van der Waals surface area contributed by atoms with E-state index in [9.17, 15) is 22.8 Å². The second kappa shape index (κ2) is 6.66. The highest BCUT2D eigenvalue weighted by Gasteiger charge is 2.41. The fourth-order valence-electron chi connectivity index (χ4n) is 2.08. The summed E-state index contributed by atoms with van der Waals surface area (Å²) in [5.41, 5.74) is -0.344. The molecule has 0 unspecified atom stereocenters. The minimum Gasteiger partial charge on any atom is -0.488 e. The molecule has 1 aliphatic heterocycles. The number of halogens is 3. The predicted octanol–water partition coefficient (Wildman–Crippen LogP) is 2.49. The lowest BCUT2D eigenvalue weighted by Gasteiger charge is -2.15. The Morgan fingerprint density at radius 3 is 2.24 bits per heavy atom. The Hall–Kier alpha value is -2.71. The van der Waals surface area contributed by atoms with Crippen LogP contribution in [0.5, 0.6) is 0 Å². The Balaban J connectivity index is 2.07. The maximum Gasteiger partial charge on any atom is 0.416 e. The number of carbonyl (C=O) groups is 2. The molecular formula is C16H16F3NO5. The lowest BCUT2D eigenvalue weighted by Crippen LogP contribution is -2.27. The van der Waals surface area contributed by atoms with Gasteiger partial charge in [-0.3, -0.25) is 4.79 Å². The molecule has 0 bridgehead atoms. The Labute approximate surface area is 141 Å². The summed E-state index contributed by atoms with van der Waals surface area (Å²) in [7, 11) is 1.18. The molecule has 0 radical (unpaired) electrons. The van der Waals surface area contributed by atoms with E-state index >= 15 is 0 Å². The van der Waals surface area contributed by atoms with Gasteiger partial charge in [-0.05, 0) is 17.7 Å². The monoisotopic (exact) mass is 359 g/mol. The first-order valence-electron chi connectivity index (χ1n) is 7.18. The van der Waals surface area contributed by atoms with E-state index < -0.39 is 29.4 Å². The summed E-state index contributed by atoms with van der Waals surface area (Å²) in [6, 6.07) is 4.31. The molecule has 1 heterocycles. The van der Waals surface area contributed by atoms with E-state index in [1.165, 1.54) is 33.1 Å². The number of benzene rings is 1. The van der Waals surface area contributed by atoms with Crippen LogP contribution >= 0.6 is 0 Å². The zero-order chi connectivity index (χ0) is 18.8. The summed E-state index contributed by atoms with van der Waals surface area (Å²) in [6.07, 6.45) is -4.43. The van der Waals surface area contributed by atoms with Crippen molar-refractivity contribution in [1.29, 1.82) is 0 Å². The highest BCUT2D eigenvalue weighted by Crippen LogP contribution is 2.30. The molecule has 1 saturated heterocycles. The normalized spacial score (nSPS) is 18.2. The van der Waals surface area contributed by atoms with E-state index in [0.717, 1.165) is 12.1 Å². The number of ether oxygens (including phenoxy) is 3. The number of hydrogen-bond acceptors (Lipinski definition) is 5. The van der Waals surface area contributed by atoms with E-state index in [1.54, 1.807) is 0 Å². The average Bonchev–Trinajstić information content (AvgIpc) is 2.78. The first-order chi connectivity index (χ1) is 11.5. The Bertz CT molecular complexity index is 707. The van der Waals surface area contributed by atoms with Crippen LogP contribution in [0.2, 0.25) is 0 Å². The van der Waals surface area contributed by atoms with Gasteiger partial charge in [0.2, 0.25) is 11.5 Å². The average molecular weight is 359 g/mol. The summed E-state index contributed by atoms with van der Waals surface area (Å²) >= 11 is 0. The fourth-order valence-corrected chi connectivity index (χ4v) is 2.08. The molecule has 0 aliphatic carbocycles. The lowest BCUT2D eigenvalue weighted by atomic mass is 10.1. The van der Waals surface area contributed by atoms with Crippen molar-refractivity contribution < 1.29 is 37.0 Å². The quantitative estimate of drug-likeness (QED) is 0.508. The molecule has 1 aromatic carbocycles. The molecule has 0 aromatic heterocycles. The van der Waals surface area contributed by atoms with Crippen LogP contribution in [-0.2, 0) is 36.5 Å². The summed E-state index contributed by atoms with van der Waals surface area (Å²) < 4.78 is 52.6. The van der Waals surface area contributed by atoms with Crippen LogP contribution in [0.15, 0.2) is 35.8 Å². The van der Waals surface area contributed by atoms with Gasteiger partial charge in [-0.25, -0.2) is 4.79 Å². The van der Waals surface area contributed by atoms with Crippen LogP contribution in [-0.4, -0.2) is 24.8 Å². The maximum absolute atomic E-state index is 12.5. The van der Waals surface area contributed by atoms with Gasteiger partial charge >= 0.3 is 12.1 Å². The van der Waals surface area contributed by atoms with Crippen LogP contribution in [0.25, 0.3) is 0 Å². The molecule has 0 saturated carbocycles. The van der Waals surface area contributed by atoms with Crippen LogP contribution < -0.4 is 5.32 Å². The smallest absolute Gasteiger partial charge is 0.416 e. The molecule has 0 spiro atoms. The molecule has 1 aromatic rings. The van der Waals surface area contributed by atoms with Crippen LogP contribution in [0, 0.1) is 0 Å². The van der Waals surface area contributed by atoms with Crippen LogP contribution in [0.1, 0.15) is 25.0 Å². The van der Waals surface area contributed by atoms with Crippen molar-refractivity contribution in [3.8, 4) is 0 Å². The molecule has 2 rings (SSSR count). The van der Waals surface area contributed by atoms with Crippen molar-refractivity contribution in [1.82, 2.24) is 5.32 Å². The lowest BCUT2D eigenvalue weighted by molar-refractivity contribution is -0.159. The molecule has 9 heteroatoms. The van der Waals surface area contributed by atoms with Gasteiger partial charge in [-0.15, -0.1) is 0 Å². The molecule has 1 fully saturated rings. The first kappa shape index (κ1) is 18.6. The maximum atomic E-state index is 12.5. The SMILES string of the molecule is COC(C(=O)NCc1ccc(C(F)(F)F)cc1)=C1OC(C)(C)OC1=O. The molecule has 0 atom stereocenters. The van der Waals surface area contributed by atoms with Gasteiger partial charge < -0.3 is 19.5 Å². The van der Waals surface area contributed by atoms with E-state index in [4.69, 9.17) is 14.2 Å². The van der Waals surface area contributed by atoms with E-state index in [-0.39, 0.29) is 18.1 Å². The highest BCUT2D eigenvalue weighted by atomic mass is 19.4. The van der Waals surface area contributed by atoms with Gasteiger partial charge in [0.25, 0.3) is 11.7 Å². The van der Waals surface area contributed by atoms with Crippen molar-refractivity contribution in [2.45, 2.75) is 32.4 Å². The first-order valence-corrected chi connectivity index (χ1v) is 7.18. The third-order valence-electron chi connectivity index (χ3n) is 3.22. The fraction of sp³-hybridized carbons (Fsp3) is 0.375. The van der Waals surface area contributed by atoms with Gasteiger partial charge in [0, 0.05) is 20.4 Å². The van der Waals surface area contributed by atoms with Crippen molar-refractivity contribution in [2.75, 3.05) is 7.11 Å². The van der Waals surface area contributed by atoms with E-state index in [2.05, 4.69) is 5.32 Å². The predicted molar refractivity (Wildman–Crippen MR) is 78.6 cm³/mol. The van der Waals surface area contributed by atoms with Gasteiger partial charge in [0.15, 0.2) is 0 Å². The van der Waals surface area contributed by atoms with Crippen molar-refractivity contribution in [3.05, 3.63) is 46.9 Å². The third-order valence-corrected chi connectivity index (χ3v) is 3.22. The molecule has 25 heavy (non-hydrogen) atoms. The number of hydrogen-bond donors (Lipinski definition) is 1. The third kappa shape index (κ3) is 4.43. The summed E-state index contributed by atoms with van der Waals surface area (Å²) in [4.78, 5) is 23.9. The Morgan fingerprint density at radius 1 is 1.20 bits per heavy atom. The molecule has 1 aliphatic rings. The Morgan fingerprint density at radius 2 is 1.80 bits per heavy atom. The minimum absolute atomic E-state index is 0.0600.